The van der Waals surface area contributed by atoms with Gasteiger partial charge in [-0.2, -0.15) is 5.26 Å². The maximum Gasteiger partial charge on any atom is 0.419 e. The van der Waals surface area contributed by atoms with Gasteiger partial charge in [-0.25, -0.2) is 9.36 Å². The first kappa shape index (κ1) is 21.0. The predicted octanol–water partition coefficient (Wildman–Crippen LogP) is 5.13. The van der Waals surface area contributed by atoms with E-state index in [-0.39, 0.29) is 0 Å². The van der Waals surface area contributed by atoms with E-state index in [0.29, 0.717) is 17.1 Å². The van der Waals surface area contributed by atoms with Crippen LogP contribution in [0.5, 0.6) is 0 Å². The largest absolute Gasteiger partial charge is 0.443 e. The molecule has 1 fully saturated rings. The number of nitrogens with one attached hydrogen (secondary N) is 2. The second kappa shape index (κ2) is 8.44. The van der Waals surface area contributed by atoms with E-state index in [0.717, 1.165) is 48.3 Å². The number of carbonyl (C=O) groups excluding carboxylic acids is 1. The lowest BCUT2D eigenvalue weighted by atomic mass is 10.1. The van der Waals surface area contributed by atoms with Crippen LogP contribution in [-0.4, -0.2) is 35.4 Å². The molecule has 2 heterocycles. The molecule has 1 aliphatic heterocycles. The van der Waals surface area contributed by atoms with Gasteiger partial charge in [0.25, 0.3) is 0 Å². The quantitative estimate of drug-likeness (QED) is 0.619. The molecule has 31 heavy (non-hydrogen) atoms. The van der Waals surface area contributed by atoms with Crippen molar-refractivity contribution in [3.8, 4) is 17.3 Å². The molecule has 4 rings (SSSR count). The molecule has 2 aromatic carbocycles. The highest BCUT2D eigenvalue weighted by Gasteiger charge is 2.23. The molecule has 0 bridgehead atoms. The van der Waals surface area contributed by atoms with Crippen molar-refractivity contribution >= 4 is 22.7 Å². The zero-order valence-corrected chi connectivity index (χ0v) is 18.2. The highest BCUT2D eigenvalue weighted by atomic mass is 16.6. The number of nitrogens with zero attached hydrogens (tertiary/aromatic N) is 2. The molecular formula is C25H28N4O2. The fraction of sp³-hybridized carbons (Fsp3) is 0.360. The fourth-order valence-electron chi connectivity index (χ4n) is 3.93. The Balaban J connectivity index is 1.71. The molecule has 160 valence electrons. The summed E-state index contributed by atoms with van der Waals surface area (Å²) in [5.74, 6) is 0. The van der Waals surface area contributed by atoms with Gasteiger partial charge in [0.05, 0.1) is 22.8 Å². The van der Waals surface area contributed by atoms with Crippen molar-refractivity contribution < 1.29 is 9.53 Å². The van der Waals surface area contributed by atoms with Gasteiger partial charge in [0.2, 0.25) is 0 Å². The molecule has 0 spiro atoms. The van der Waals surface area contributed by atoms with Gasteiger partial charge in [-0.1, -0.05) is 18.2 Å². The molecule has 1 aromatic heterocycles. The van der Waals surface area contributed by atoms with E-state index in [1.54, 1.807) is 16.7 Å². The van der Waals surface area contributed by atoms with Crippen LogP contribution in [0.3, 0.4) is 0 Å². The van der Waals surface area contributed by atoms with Crippen LogP contribution in [0, 0.1) is 11.3 Å². The van der Waals surface area contributed by atoms with Crippen LogP contribution in [0.1, 0.15) is 39.2 Å². The number of aromatic nitrogens is 1. The summed E-state index contributed by atoms with van der Waals surface area (Å²) in [6.07, 6.45) is 1.76. The van der Waals surface area contributed by atoms with Gasteiger partial charge in [0.15, 0.2) is 0 Å². The Morgan fingerprint density at radius 2 is 1.84 bits per heavy atom. The van der Waals surface area contributed by atoms with Gasteiger partial charge in [-0.15, -0.1) is 0 Å². The molecular weight excluding hydrogens is 388 g/mol. The first-order valence-corrected chi connectivity index (χ1v) is 10.7. The fourth-order valence-corrected chi connectivity index (χ4v) is 3.93. The van der Waals surface area contributed by atoms with Crippen molar-refractivity contribution in [1.29, 1.82) is 5.26 Å². The van der Waals surface area contributed by atoms with Crippen molar-refractivity contribution in [2.75, 3.05) is 18.4 Å². The number of carbonyl (C=O) groups is 1. The molecule has 0 amide bonds. The highest BCUT2D eigenvalue weighted by Crippen LogP contribution is 2.31. The molecule has 1 aliphatic rings. The van der Waals surface area contributed by atoms with E-state index >= 15 is 0 Å². The lowest BCUT2D eigenvalue weighted by Crippen LogP contribution is -2.35. The van der Waals surface area contributed by atoms with Crippen LogP contribution in [0.15, 0.2) is 48.5 Å². The minimum absolute atomic E-state index is 0.454. The van der Waals surface area contributed by atoms with Crippen LogP contribution < -0.4 is 10.6 Å². The van der Waals surface area contributed by atoms with Crippen molar-refractivity contribution in [1.82, 2.24) is 9.88 Å². The molecule has 1 saturated heterocycles. The normalized spacial score (nSPS) is 14.9. The molecule has 6 nitrogen and oxygen atoms in total. The third-order valence-corrected chi connectivity index (χ3v) is 5.40. The van der Waals surface area contributed by atoms with Crippen LogP contribution in [0.4, 0.5) is 10.5 Å². The molecule has 6 heteroatoms. The Labute approximate surface area is 182 Å². The Morgan fingerprint density at radius 1 is 1.13 bits per heavy atom. The summed E-state index contributed by atoms with van der Waals surface area (Å²) in [4.78, 5) is 13.1. The smallest absolute Gasteiger partial charge is 0.419 e. The summed E-state index contributed by atoms with van der Waals surface area (Å²) in [7, 11) is 0. The van der Waals surface area contributed by atoms with Gasteiger partial charge >= 0.3 is 6.09 Å². The third kappa shape index (κ3) is 4.73. The van der Waals surface area contributed by atoms with Gasteiger partial charge in [0.1, 0.15) is 5.60 Å². The predicted molar refractivity (Wildman–Crippen MR) is 123 cm³/mol. The number of benzene rings is 2. The number of piperidine rings is 1. The summed E-state index contributed by atoms with van der Waals surface area (Å²) < 4.78 is 7.24. The summed E-state index contributed by atoms with van der Waals surface area (Å²) >= 11 is 0. The lowest BCUT2D eigenvalue weighted by Gasteiger charge is -2.24. The van der Waals surface area contributed by atoms with E-state index in [1.807, 2.05) is 45.0 Å². The summed E-state index contributed by atoms with van der Waals surface area (Å²) in [6, 6.07) is 18.1. The monoisotopic (exact) mass is 416 g/mol. The van der Waals surface area contributed by atoms with Crippen LogP contribution in [-0.2, 0) is 4.74 Å². The average Bonchev–Trinajstić information content (AvgIpc) is 3.12. The van der Waals surface area contributed by atoms with E-state index in [9.17, 15) is 10.1 Å². The number of hydrogen-bond donors (Lipinski definition) is 2. The molecule has 0 saturated carbocycles. The van der Waals surface area contributed by atoms with Crippen molar-refractivity contribution in [2.24, 2.45) is 0 Å². The number of hydrogen-bond acceptors (Lipinski definition) is 5. The standard InChI is InChI=1S/C25H28N4O2/c1-25(2,3)31-24(30)29-22-14-17(16-26)4-5-19(22)15-23(29)18-6-8-20(9-7-18)28-21-10-12-27-13-11-21/h4-9,14-15,21,27-28H,10-13H2,1-3H3. The highest BCUT2D eigenvalue weighted by molar-refractivity contribution is 5.96. The lowest BCUT2D eigenvalue weighted by molar-refractivity contribution is 0.0547. The summed E-state index contributed by atoms with van der Waals surface area (Å²) in [5, 5.41) is 17.2. The topological polar surface area (TPSA) is 79.1 Å². The van der Waals surface area contributed by atoms with Crippen LogP contribution in [0.2, 0.25) is 0 Å². The van der Waals surface area contributed by atoms with Crippen LogP contribution in [0.25, 0.3) is 22.2 Å². The summed E-state index contributed by atoms with van der Waals surface area (Å²) in [5.41, 5.74) is 3.27. The zero-order valence-electron chi connectivity index (χ0n) is 18.2. The first-order valence-electron chi connectivity index (χ1n) is 10.7. The number of fused-ring (bicyclic) bond motifs is 1. The van der Waals surface area contributed by atoms with E-state index in [1.165, 1.54) is 0 Å². The maximum absolute atomic E-state index is 13.1. The molecule has 3 aromatic rings. The van der Waals surface area contributed by atoms with Crippen molar-refractivity contribution in [2.45, 2.75) is 45.3 Å². The molecule has 0 unspecified atom stereocenters. The second-order valence-electron chi connectivity index (χ2n) is 8.98. The van der Waals surface area contributed by atoms with Gasteiger partial charge < -0.3 is 15.4 Å². The van der Waals surface area contributed by atoms with Gasteiger partial charge in [0, 0.05) is 17.1 Å². The minimum atomic E-state index is -0.625. The van der Waals surface area contributed by atoms with Gasteiger partial charge in [-0.3, -0.25) is 0 Å². The maximum atomic E-state index is 13.1. The number of anilines is 1. The van der Waals surface area contributed by atoms with Crippen molar-refractivity contribution in [3.05, 3.63) is 54.1 Å². The number of rotatable bonds is 3. The molecule has 0 atom stereocenters. The third-order valence-electron chi connectivity index (χ3n) is 5.40. The average molecular weight is 417 g/mol. The molecule has 0 radical (unpaired) electrons. The SMILES string of the molecule is CC(C)(C)OC(=O)n1c(-c2ccc(NC3CCNCC3)cc2)cc2ccc(C#N)cc21. The molecule has 0 aliphatic carbocycles. The second-order valence-corrected chi connectivity index (χ2v) is 8.98. The summed E-state index contributed by atoms with van der Waals surface area (Å²) in [6.45, 7) is 7.61. The minimum Gasteiger partial charge on any atom is -0.443 e. The zero-order chi connectivity index (χ0) is 22.0. The Hall–Kier alpha value is -3.30. The van der Waals surface area contributed by atoms with Crippen LogP contribution >= 0.6 is 0 Å². The van der Waals surface area contributed by atoms with E-state index < -0.39 is 11.7 Å². The Morgan fingerprint density at radius 3 is 2.48 bits per heavy atom. The number of ether oxygens (including phenoxy) is 1. The number of nitriles is 1. The Kier molecular flexibility index (Phi) is 5.71. The first-order chi connectivity index (χ1) is 14.8. The Bertz CT molecular complexity index is 1130. The molecule has 2 N–H and O–H groups in total. The van der Waals surface area contributed by atoms with Crippen molar-refractivity contribution in [3.63, 3.8) is 0 Å². The van der Waals surface area contributed by atoms with E-state index in [2.05, 4.69) is 28.8 Å². The van der Waals surface area contributed by atoms with E-state index in [4.69, 9.17) is 4.74 Å². The van der Waals surface area contributed by atoms with Gasteiger partial charge in [-0.05, 0) is 82.6 Å².